The Kier molecular flexibility index (Phi) is 9.33. The van der Waals surface area contributed by atoms with Gasteiger partial charge < -0.3 is 10.6 Å². The molecule has 1 aliphatic carbocycles. The van der Waals surface area contributed by atoms with Crippen molar-refractivity contribution < 1.29 is 0 Å². The lowest BCUT2D eigenvalue weighted by Crippen LogP contribution is -2.50. The monoisotopic (exact) mass is 510 g/mol. The van der Waals surface area contributed by atoms with E-state index in [1.807, 2.05) is 0 Å². The summed E-state index contributed by atoms with van der Waals surface area (Å²) in [6.07, 6.45) is 7.18. The maximum Gasteiger partial charge on any atom is 0.0240 e. The molecule has 2 nitrogen and oxygen atoms in total. The summed E-state index contributed by atoms with van der Waals surface area (Å²) in [5, 5.41) is 13.9. The Labute approximate surface area is 219 Å². The van der Waals surface area contributed by atoms with Gasteiger partial charge in [0.15, 0.2) is 0 Å². The van der Waals surface area contributed by atoms with Gasteiger partial charge in [0.25, 0.3) is 0 Å². The smallest absolute Gasteiger partial charge is 0.0240 e. The third-order valence-corrected chi connectivity index (χ3v) is 11.7. The summed E-state index contributed by atoms with van der Waals surface area (Å²) >= 11 is 0. The first-order valence-electron chi connectivity index (χ1n) is 13.1. The molecule has 0 radical (unpaired) electrons. The standard InChI is InChI=1S/C32H36N2P2/c1-5-15-27(16-6-1)35(28-17-7-2-8-18-28)25-33-31-23-13-14-24-32(31)34-26-36(29-19-9-3-10-20-29)30-21-11-4-12-22-30/h1-12,15-22,31-34H,13-14,23-26H2/t31-,32-/m1/s1. The van der Waals surface area contributed by atoms with Gasteiger partial charge in [-0.2, -0.15) is 0 Å². The van der Waals surface area contributed by atoms with Crippen molar-refractivity contribution in [2.24, 2.45) is 0 Å². The first kappa shape index (κ1) is 25.3. The van der Waals surface area contributed by atoms with Gasteiger partial charge in [0.05, 0.1) is 0 Å². The van der Waals surface area contributed by atoms with Gasteiger partial charge in [0, 0.05) is 24.7 Å². The molecule has 5 rings (SSSR count). The molecule has 4 aromatic rings. The summed E-state index contributed by atoms with van der Waals surface area (Å²) in [7, 11) is -0.847. The number of hydrogen-bond acceptors (Lipinski definition) is 2. The Bertz CT molecular complexity index is 982. The quantitative estimate of drug-likeness (QED) is 0.269. The normalized spacial score (nSPS) is 17.9. The Balaban J connectivity index is 1.29. The minimum atomic E-state index is -0.424. The molecule has 0 saturated heterocycles. The van der Waals surface area contributed by atoms with Crippen LogP contribution in [0.15, 0.2) is 121 Å². The van der Waals surface area contributed by atoms with E-state index in [1.165, 1.54) is 46.9 Å². The molecule has 0 heterocycles. The minimum Gasteiger partial charge on any atom is -0.308 e. The van der Waals surface area contributed by atoms with Gasteiger partial charge in [-0.15, -0.1) is 0 Å². The van der Waals surface area contributed by atoms with Crippen molar-refractivity contribution in [2.75, 3.05) is 12.6 Å². The molecule has 184 valence electrons. The van der Waals surface area contributed by atoms with Crippen LogP contribution in [0.3, 0.4) is 0 Å². The topological polar surface area (TPSA) is 24.1 Å². The molecule has 36 heavy (non-hydrogen) atoms. The van der Waals surface area contributed by atoms with Crippen LogP contribution in [-0.2, 0) is 0 Å². The fourth-order valence-electron chi connectivity index (χ4n) is 5.13. The predicted octanol–water partition coefficient (Wildman–Crippen LogP) is 5.66. The molecule has 0 bridgehead atoms. The molecule has 4 aromatic carbocycles. The zero-order chi connectivity index (χ0) is 24.4. The molecular formula is C32H36N2P2. The van der Waals surface area contributed by atoms with E-state index in [1.54, 1.807) is 0 Å². The first-order valence-corrected chi connectivity index (χ1v) is 16.2. The molecule has 0 aromatic heterocycles. The molecule has 1 saturated carbocycles. The van der Waals surface area contributed by atoms with Crippen LogP contribution < -0.4 is 31.9 Å². The zero-order valence-electron chi connectivity index (χ0n) is 20.8. The van der Waals surface area contributed by atoms with Gasteiger partial charge in [-0.05, 0) is 49.9 Å². The minimum absolute atomic E-state index is 0.424. The van der Waals surface area contributed by atoms with E-state index in [9.17, 15) is 0 Å². The van der Waals surface area contributed by atoms with Crippen LogP contribution in [0.2, 0.25) is 0 Å². The summed E-state index contributed by atoms with van der Waals surface area (Å²) in [6, 6.07) is 45.3. The van der Waals surface area contributed by atoms with E-state index in [4.69, 9.17) is 0 Å². The highest BCUT2D eigenvalue weighted by molar-refractivity contribution is 7.73. The van der Waals surface area contributed by atoms with Crippen molar-refractivity contribution in [3.05, 3.63) is 121 Å². The zero-order valence-corrected chi connectivity index (χ0v) is 22.6. The highest BCUT2D eigenvalue weighted by atomic mass is 31.1. The summed E-state index contributed by atoms with van der Waals surface area (Å²) in [5.41, 5.74) is 0. The van der Waals surface area contributed by atoms with Crippen LogP contribution in [0.25, 0.3) is 0 Å². The fraction of sp³-hybridized carbons (Fsp3) is 0.250. The summed E-state index contributed by atoms with van der Waals surface area (Å²) < 4.78 is 0. The van der Waals surface area contributed by atoms with E-state index in [0.717, 1.165) is 12.6 Å². The molecule has 1 aliphatic rings. The van der Waals surface area contributed by atoms with Gasteiger partial charge in [-0.25, -0.2) is 0 Å². The maximum atomic E-state index is 4.05. The van der Waals surface area contributed by atoms with Crippen LogP contribution in [0, 0.1) is 0 Å². The van der Waals surface area contributed by atoms with Gasteiger partial charge in [0.2, 0.25) is 0 Å². The van der Waals surface area contributed by atoms with Gasteiger partial charge >= 0.3 is 0 Å². The second-order valence-corrected chi connectivity index (χ2v) is 13.8. The molecule has 0 amide bonds. The fourth-order valence-corrected chi connectivity index (χ4v) is 9.42. The molecule has 2 N–H and O–H groups in total. The number of rotatable bonds is 10. The first-order chi connectivity index (χ1) is 17.9. The second-order valence-electron chi connectivity index (χ2n) is 9.42. The third-order valence-electron chi connectivity index (χ3n) is 7.06. The predicted molar refractivity (Wildman–Crippen MR) is 160 cm³/mol. The second kappa shape index (κ2) is 13.3. The van der Waals surface area contributed by atoms with E-state index in [0.29, 0.717) is 12.1 Å². The lowest BCUT2D eigenvalue weighted by Gasteiger charge is -2.35. The summed E-state index contributed by atoms with van der Waals surface area (Å²) in [4.78, 5) is 0. The van der Waals surface area contributed by atoms with Crippen molar-refractivity contribution >= 4 is 37.1 Å². The maximum absolute atomic E-state index is 4.05. The van der Waals surface area contributed by atoms with Gasteiger partial charge in [-0.1, -0.05) is 134 Å². The van der Waals surface area contributed by atoms with E-state index >= 15 is 0 Å². The van der Waals surface area contributed by atoms with Crippen molar-refractivity contribution in [2.45, 2.75) is 37.8 Å². The molecule has 4 heteroatoms. The van der Waals surface area contributed by atoms with Crippen LogP contribution in [-0.4, -0.2) is 24.7 Å². The lowest BCUT2D eigenvalue weighted by atomic mass is 9.91. The Morgan fingerprint density at radius 1 is 0.444 bits per heavy atom. The van der Waals surface area contributed by atoms with E-state index in [2.05, 4.69) is 132 Å². The van der Waals surface area contributed by atoms with Crippen molar-refractivity contribution in [1.29, 1.82) is 0 Å². The molecular weight excluding hydrogens is 474 g/mol. The molecule has 1 fully saturated rings. The molecule has 2 atom stereocenters. The van der Waals surface area contributed by atoms with Crippen LogP contribution in [0.1, 0.15) is 25.7 Å². The SMILES string of the molecule is c1ccc(P(CN[C@@H]2CCCC[C@H]2NCP(c2ccccc2)c2ccccc2)c2ccccc2)cc1. The Morgan fingerprint density at radius 3 is 1.00 bits per heavy atom. The van der Waals surface area contributed by atoms with Crippen molar-refractivity contribution in [3.8, 4) is 0 Å². The average molecular weight is 511 g/mol. The summed E-state index contributed by atoms with van der Waals surface area (Å²) in [6.45, 7) is 0. The van der Waals surface area contributed by atoms with E-state index < -0.39 is 15.8 Å². The number of hydrogen-bond donors (Lipinski definition) is 2. The highest BCUT2D eigenvalue weighted by Gasteiger charge is 2.27. The lowest BCUT2D eigenvalue weighted by molar-refractivity contribution is 0.303. The van der Waals surface area contributed by atoms with Crippen molar-refractivity contribution in [1.82, 2.24) is 10.6 Å². The average Bonchev–Trinajstić information content (AvgIpc) is 2.96. The highest BCUT2D eigenvalue weighted by Crippen LogP contribution is 2.34. The number of nitrogens with one attached hydrogen (secondary N) is 2. The van der Waals surface area contributed by atoms with Crippen molar-refractivity contribution in [3.63, 3.8) is 0 Å². The molecule has 0 aliphatic heterocycles. The largest absolute Gasteiger partial charge is 0.308 e. The molecule has 0 spiro atoms. The van der Waals surface area contributed by atoms with E-state index in [-0.39, 0.29) is 0 Å². The van der Waals surface area contributed by atoms with Gasteiger partial charge in [0.1, 0.15) is 0 Å². The Morgan fingerprint density at radius 2 is 0.722 bits per heavy atom. The van der Waals surface area contributed by atoms with Crippen LogP contribution in [0.5, 0.6) is 0 Å². The Hall–Kier alpha value is -2.34. The number of benzene rings is 4. The summed E-state index contributed by atoms with van der Waals surface area (Å²) in [5.74, 6) is 0. The third kappa shape index (κ3) is 6.70. The van der Waals surface area contributed by atoms with Gasteiger partial charge in [-0.3, -0.25) is 0 Å². The molecule has 0 unspecified atom stereocenters. The van der Waals surface area contributed by atoms with Crippen LogP contribution >= 0.6 is 15.8 Å². The van der Waals surface area contributed by atoms with Crippen LogP contribution in [0.4, 0.5) is 0 Å².